The molecule has 5 heteroatoms. The van der Waals surface area contributed by atoms with Gasteiger partial charge in [0, 0.05) is 54.1 Å². The summed E-state index contributed by atoms with van der Waals surface area (Å²) in [4.78, 5) is 23.3. The third kappa shape index (κ3) is 2.21. The summed E-state index contributed by atoms with van der Waals surface area (Å²) in [6, 6.07) is 9.21. The molecule has 1 aliphatic heterocycles. The lowest BCUT2D eigenvalue weighted by atomic mass is 10.1. The molecule has 0 N–H and O–H groups in total. The summed E-state index contributed by atoms with van der Waals surface area (Å²) in [6.07, 6.45) is 3.28. The first-order valence-electron chi connectivity index (χ1n) is 8.07. The van der Waals surface area contributed by atoms with Gasteiger partial charge in [0.15, 0.2) is 16.8 Å². The summed E-state index contributed by atoms with van der Waals surface area (Å²) in [7, 11) is 0. The molecule has 0 saturated carbocycles. The van der Waals surface area contributed by atoms with Gasteiger partial charge in [0.05, 0.1) is 0 Å². The fraction of sp³-hybridized carbons (Fsp3) is 0.211. The second kappa shape index (κ2) is 5.60. The van der Waals surface area contributed by atoms with Crippen molar-refractivity contribution in [1.29, 1.82) is 0 Å². The zero-order valence-corrected chi connectivity index (χ0v) is 13.6. The van der Waals surface area contributed by atoms with Gasteiger partial charge in [0.2, 0.25) is 0 Å². The highest BCUT2D eigenvalue weighted by atomic mass is 16.3. The van der Waals surface area contributed by atoms with Gasteiger partial charge in [0.25, 0.3) is 0 Å². The number of pyridine rings is 1. The average Bonchev–Trinajstić information content (AvgIpc) is 2.62. The third-order valence-corrected chi connectivity index (χ3v) is 4.36. The normalized spacial score (nSPS) is 11.4. The van der Waals surface area contributed by atoms with Gasteiger partial charge in [-0.2, -0.15) is 0 Å². The minimum absolute atomic E-state index is 0.0790. The smallest absolute Gasteiger partial charge is 0.190 e. The Hall–Kier alpha value is -2.95. The van der Waals surface area contributed by atoms with Crippen molar-refractivity contribution < 1.29 is 4.42 Å². The number of benzene rings is 2. The van der Waals surface area contributed by atoms with E-state index in [1.807, 2.05) is 18.2 Å². The lowest BCUT2D eigenvalue weighted by Gasteiger charge is -2.21. The van der Waals surface area contributed by atoms with Crippen molar-refractivity contribution in [2.75, 3.05) is 18.0 Å². The Morgan fingerprint density at radius 2 is 1.92 bits per heavy atom. The first kappa shape index (κ1) is 14.6. The zero-order valence-electron chi connectivity index (χ0n) is 13.6. The molecule has 0 bridgehead atoms. The molecule has 0 unspecified atom stereocenters. The van der Waals surface area contributed by atoms with Gasteiger partial charge in [-0.3, -0.25) is 9.78 Å². The molecule has 0 saturated heterocycles. The van der Waals surface area contributed by atoms with E-state index in [2.05, 4.69) is 23.7 Å². The standard InChI is InChI=1S/C19H17N3O2/c1-3-22(4-2)12-5-6-15-17(9-12)24-18-10-16(23)13-7-8-20-11-14(13)19(18)21-15/h5-11H,3-4H2,1-2H3. The van der Waals surface area contributed by atoms with Crippen LogP contribution in [-0.4, -0.2) is 23.1 Å². The second-order valence-corrected chi connectivity index (χ2v) is 5.68. The lowest BCUT2D eigenvalue weighted by Crippen LogP contribution is -2.21. The Morgan fingerprint density at radius 3 is 2.71 bits per heavy atom. The van der Waals surface area contributed by atoms with E-state index in [0.29, 0.717) is 22.4 Å². The van der Waals surface area contributed by atoms with Crippen molar-refractivity contribution in [2.45, 2.75) is 13.8 Å². The summed E-state index contributed by atoms with van der Waals surface area (Å²) >= 11 is 0. The van der Waals surface area contributed by atoms with Crippen LogP contribution in [0.3, 0.4) is 0 Å². The Kier molecular flexibility index (Phi) is 3.41. The minimum atomic E-state index is -0.0790. The molecule has 120 valence electrons. The second-order valence-electron chi connectivity index (χ2n) is 5.68. The number of fused-ring (bicyclic) bond motifs is 4. The van der Waals surface area contributed by atoms with Gasteiger partial charge in [-0.1, -0.05) is 0 Å². The summed E-state index contributed by atoms with van der Waals surface area (Å²) < 4.78 is 6.00. The van der Waals surface area contributed by atoms with Crippen LogP contribution in [0.2, 0.25) is 0 Å². The SMILES string of the molecule is CCN(CC)c1ccc2nc3c4cnccc4c(=O)cc-3oc2c1. The maximum Gasteiger partial charge on any atom is 0.190 e. The van der Waals surface area contributed by atoms with E-state index in [1.165, 1.54) is 6.07 Å². The van der Waals surface area contributed by atoms with Crippen LogP contribution in [0.1, 0.15) is 13.8 Å². The third-order valence-electron chi connectivity index (χ3n) is 4.36. The van der Waals surface area contributed by atoms with Gasteiger partial charge < -0.3 is 9.32 Å². The molecular weight excluding hydrogens is 302 g/mol. The zero-order chi connectivity index (χ0) is 16.7. The molecular formula is C19H17N3O2. The predicted molar refractivity (Wildman–Crippen MR) is 95.8 cm³/mol. The Bertz CT molecular complexity index is 1070. The number of nitrogens with zero attached hydrogens (tertiary/aromatic N) is 3. The van der Waals surface area contributed by atoms with Crippen LogP contribution in [0.5, 0.6) is 0 Å². The predicted octanol–water partition coefficient (Wildman–Crippen LogP) is 3.69. The van der Waals surface area contributed by atoms with Gasteiger partial charge >= 0.3 is 0 Å². The molecule has 0 atom stereocenters. The molecule has 0 spiro atoms. The summed E-state index contributed by atoms with van der Waals surface area (Å²) in [5.41, 5.74) is 3.12. The van der Waals surface area contributed by atoms with Gasteiger partial charge in [-0.05, 0) is 32.0 Å². The topological polar surface area (TPSA) is 59.2 Å². The lowest BCUT2D eigenvalue weighted by molar-refractivity contribution is 0.613. The van der Waals surface area contributed by atoms with Gasteiger partial charge in [0.1, 0.15) is 11.2 Å². The highest BCUT2D eigenvalue weighted by molar-refractivity contribution is 5.96. The molecule has 4 rings (SSSR count). The van der Waals surface area contributed by atoms with Crippen LogP contribution in [-0.2, 0) is 0 Å². The van der Waals surface area contributed by atoms with Crippen molar-refractivity contribution in [1.82, 2.24) is 9.97 Å². The van der Waals surface area contributed by atoms with Crippen LogP contribution in [0.25, 0.3) is 33.3 Å². The van der Waals surface area contributed by atoms with E-state index in [0.717, 1.165) is 29.7 Å². The van der Waals surface area contributed by atoms with Gasteiger partial charge in [-0.25, -0.2) is 4.98 Å². The Labute approximate surface area is 138 Å². The number of hydrogen-bond donors (Lipinski definition) is 0. The minimum Gasteiger partial charge on any atom is -0.453 e. The monoisotopic (exact) mass is 319 g/mol. The fourth-order valence-electron chi connectivity index (χ4n) is 3.09. The van der Waals surface area contributed by atoms with Crippen LogP contribution in [0.15, 0.2) is 51.9 Å². The van der Waals surface area contributed by atoms with Crippen molar-refractivity contribution in [3.8, 4) is 11.5 Å². The molecule has 1 aliphatic carbocycles. The first-order chi connectivity index (χ1) is 11.7. The molecule has 2 aromatic rings. The highest BCUT2D eigenvalue weighted by Gasteiger charge is 2.16. The van der Waals surface area contributed by atoms with E-state index in [9.17, 15) is 4.79 Å². The maximum absolute atomic E-state index is 12.3. The summed E-state index contributed by atoms with van der Waals surface area (Å²) in [5.74, 6) is 0.490. The van der Waals surface area contributed by atoms with Crippen molar-refractivity contribution in [3.05, 3.63) is 52.9 Å². The quantitative estimate of drug-likeness (QED) is 0.426. The summed E-state index contributed by atoms with van der Waals surface area (Å²) in [5, 5.41) is 1.33. The largest absolute Gasteiger partial charge is 0.453 e. The molecule has 2 heterocycles. The molecule has 0 fully saturated rings. The van der Waals surface area contributed by atoms with Crippen molar-refractivity contribution in [2.24, 2.45) is 0 Å². The molecule has 5 nitrogen and oxygen atoms in total. The molecule has 1 aromatic carbocycles. The van der Waals surface area contributed by atoms with E-state index in [4.69, 9.17) is 9.40 Å². The van der Waals surface area contributed by atoms with E-state index >= 15 is 0 Å². The number of rotatable bonds is 3. The van der Waals surface area contributed by atoms with E-state index in [-0.39, 0.29) is 5.43 Å². The number of anilines is 1. The van der Waals surface area contributed by atoms with Gasteiger partial charge in [-0.15, -0.1) is 0 Å². The molecule has 2 aliphatic rings. The van der Waals surface area contributed by atoms with Crippen LogP contribution in [0.4, 0.5) is 5.69 Å². The molecule has 0 radical (unpaired) electrons. The number of aromatic nitrogens is 2. The fourth-order valence-corrected chi connectivity index (χ4v) is 3.09. The Balaban J connectivity index is 2.02. The Morgan fingerprint density at radius 1 is 1.08 bits per heavy atom. The van der Waals surface area contributed by atoms with E-state index in [1.54, 1.807) is 18.5 Å². The molecule has 24 heavy (non-hydrogen) atoms. The van der Waals surface area contributed by atoms with Crippen molar-refractivity contribution >= 4 is 27.6 Å². The average molecular weight is 319 g/mol. The van der Waals surface area contributed by atoms with Crippen LogP contribution < -0.4 is 10.3 Å². The first-order valence-corrected chi connectivity index (χ1v) is 8.07. The van der Waals surface area contributed by atoms with Crippen molar-refractivity contribution in [3.63, 3.8) is 0 Å². The molecule has 0 amide bonds. The maximum atomic E-state index is 12.3. The van der Waals surface area contributed by atoms with E-state index < -0.39 is 0 Å². The molecule has 1 aromatic heterocycles. The van der Waals surface area contributed by atoms with Crippen LogP contribution in [0, 0.1) is 0 Å². The summed E-state index contributed by atoms with van der Waals surface area (Å²) in [6.45, 7) is 6.08. The highest BCUT2D eigenvalue weighted by Crippen LogP contribution is 2.31. The number of hydrogen-bond acceptors (Lipinski definition) is 5. The van der Waals surface area contributed by atoms with Crippen LogP contribution >= 0.6 is 0 Å².